The van der Waals surface area contributed by atoms with Crippen LogP contribution in [0.2, 0.25) is 4.34 Å². The predicted molar refractivity (Wildman–Crippen MR) is 74.5 cm³/mol. The summed E-state index contributed by atoms with van der Waals surface area (Å²) in [5.74, 6) is 1.36. The van der Waals surface area contributed by atoms with Gasteiger partial charge in [0.15, 0.2) is 0 Å². The lowest BCUT2D eigenvalue weighted by molar-refractivity contribution is 0.299. The van der Waals surface area contributed by atoms with Gasteiger partial charge in [-0.1, -0.05) is 42.1 Å². The van der Waals surface area contributed by atoms with Crippen LogP contribution in [0.25, 0.3) is 0 Å². The summed E-state index contributed by atoms with van der Waals surface area (Å²) >= 11 is 7.12. The van der Waals surface area contributed by atoms with Gasteiger partial charge in [-0.3, -0.25) is 0 Å². The fourth-order valence-corrected chi connectivity index (χ4v) is 2.16. The smallest absolute Gasteiger partial charge is 0.141 e. The van der Waals surface area contributed by atoms with Crippen molar-refractivity contribution in [2.24, 2.45) is 0 Å². The molecule has 0 aliphatic heterocycles. The summed E-state index contributed by atoms with van der Waals surface area (Å²) in [6, 6.07) is 6.28. The number of nitrogens with zero attached hydrogens (tertiary/aromatic N) is 2. The minimum atomic E-state index is 0.359. The Morgan fingerprint density at radius 1 is 1.39 bits per heavy atom. The van der Waals surface area contributed by atoms with Crippen LogP contribution in [0.15, 0.2) is 18.2 Å². The molecule has 0 aliphatic carbocycles. The van der Waals surface area contributed by atoms with E-state index in [1.807, 2.05) is 6.92 Å². The monoisotopic (exact) mass is 282 g/mol. The summed E-state index contributed by atoms with van der Waals surface area (Å²) in [6.45, 7) is 6.71. The Kier molecular flexibility index (Phi) is 4.19. The molecule has 2 aromatic rings. The van der Waals surface area contributed by atoms with E-state index in [2.05, 4.69) is 41.6 Å². The Morgan fingerprint density at radius 2 is 2.17 bits per heavy atom. The number of hydrogen-bond donors (Lipinski definition) is 0. The molecule has 1 aromatic carbocycles. The van der Waals surface area contributed by atoms with Gasteiger partial charge in [0.2, 0.25) is 0 Å². The molecule has 96 valence electrons. The van der Waals surface area contributed by atoms with Crippen molar-refractivity contribution >= 4 is 23.1 Å². The van der Waals surface area contributed by atoms with Crippen LogP contribution in [0.4, 0.5) is 0 Å². The second-order valence-corrected chi connectivity index (χ2v) is 5.82. The molecular formula is C13H15ClN2OS. The van der Waals surface area contributed by atoms with E-state index in [4.69, 9.17) is 16.3 Å². The summed E-state index contributed by atoms with van der Waals surface area (Å²) in [6.07, 6.45) is 0. The summed E-state index contributed by atoms with van der Waals surface area (Å²) < 4.78 is 10.1. The molecule has 0 fully saturated rings. The Hall–Kier alpha value is -1.13. The molecular weight excluding hydrogens is 268 g/mol. The standard InChI is InChI=1S/C13H15ClN2OS/c1-8(2)10-5-4-9(3)12(6-10)17-7-11-13(14)18-16-15-11/h4-6,8H,7H2,1-3H3. The summed E-state index contributed by atoms with van der Waals surface area (Å²) in [5.41, 5.74) is 3.06. The van der Waals surface area contributed by atoms with Gasteiger partial charge in [-0.25, -0.2) is 0 Å². The number of rotatable bonds is 4. The number of benzene rings is 1. The second-order valence-electron chi connectivity index (χ2n) is 4.46. The lowest BCUT2D eigenvalue weighted by Crippen LogP contribution is -1.99. The zero-order valence-electron chi connectivity index (χ0n) is 10.6. The van der Waals surface area contributed by atoms with Crippen LogP contribution in [-0.2, 0) is 6.61 Å². The highest BCUT2D eigenvalue weighted by atomic mass is 35.5. The fraction of sp³-hybridized carbons (Fsp3) is 0.385. The van der Waals surface area contributed by atoms with E-state index in [1.54, 1.807) is 0 Å². The first-order valence-corrected chi connectivity index (χ1v) is 6.93. The molecule has 2 rings (SSSR count). The van der Waals surface area contributed by atoms with Gasteiger partial charge in [-0.15, -0.1) is 5.10 Å². The van der Waals surface area contributed by atoms with Crippen molar-refractivity contribution in [3.63, 3.8) is 0 Å². The maximum absolute atomic E-state index is 5.94. The minimum absolute atomic E-state index is 0.359. The van der Waals surface area contributed by atoms with Crippen LogP contribution >= 0.6 is 23.1 Å². The Bertz CT molecular complexity index is 540. The van der Waals surface area contributed by atoms with E-state index in [0.717, 1.165) is 11.3 Å². The Balaban J connectivity index is 2.13. The largest absolute Gasteiger partial charge is 0.487 e. The van der Waals surface area contributed by atoms with Crippen LogP contribution in [-0.4, -0.2) is 9.59 Å². The first kappa shape index (κ1) is 13.3. The third kappa shape index (κ3) is 3.00. The average molecular weight is 283 g/mol. The van der Waals surface area contributed by atoms with Gasteiger partial charge in [0.25, 0.3) is 0 Å². The number of halogens is 1. The molecule has 0 bridgehead atoms. The number of aryl methyl sites for hydroxylation is 1. The zero-order valence-corrected chi connectivity index (χ0v) is 12.2. The average Bonchev–Trinajstić information content (AvgIpc) is 2.73. The van der Waals surface area contributed by atoms with Crippen LogP contribution in [0, 0.1) is 6.92 Å². The van der Waals surface area contributed by atoms with E-state index in [-0.39, 0.29) is 0 Å². The topological polar surface area (TPSA) is 35.0 Å². The molecule has 0 radical (unpaired) electrons. The Morgan fingerprint density at radius 3 is 2.78 bits per heavy atom. The van der Waals surface area contributed by atoms with Gasteiger partial charge in [0.05, 0.1) is 0 Å². The summed E-state index contributed by atoms with van der Waals surface area (Å²) in [7, 11) is 0. The molecule has 0 aliphatic rings. The third-order valence-electron chi connectivity index (χ3n) is 2.75. The summed E-state index contributed by atoms with van der Waals surface area (Å²) in [4.78, 5) is 0. The zero-order chi connectivity index (χ0) is 13.1. The van der Waals surface area contributed by atoms with Crippen LogP contribution < -0.4 is 4.74 Å². The van der Waals surface area contributed by atoms with E-state index >= 15 is 0 Å². The first-order chi connectivity index (χ1) is 8.58. The van der Waals surface area contributed by atoms with Gasteiger partial charge < -0.3 is 4.74 Å². The molecule has 0 saturated carbocycles. The molecule has 0 atom stereocenters. The predicted octanol–water partition coefficient (Wildman–Crippen LogP) is 4.20. The van der Waals surface area contributed by atoms with Crippen molar-refractivity contribution in [2.45, 2.75) is 33.3 Å². The van der Waals surface area contributed by atoms with Gasteiger partial charge in [0, 0.05) is 11.5 Å². The third-order valence-corrected chi connectivity index (χ3v) is 3.74. The molecule has 18 heavy (non-hydrogen) atoms. The second kappa shape index (κ2) is 5.67. The van der Waals surface area contributed by atoms with E-state index in [1.165, 1.54) is 17.1 Å². The number of aromatic nitrogens is 2. The fourth-order valence-electron chi connectivity index (χ4n) is 1.56. The SMILES string of the molecule is Cc1ccc(C(C)C)cc1OCc1nnsc1Cl. The van der Waals surface area contributed by atoms with E-state index in [0.29, 0.717) is 22.6 Å². The quantitative estimate of drug-likeness (QED) is 0.843. The highest BCUT2D eigenvalue weighted by molar-refractivity contribution is 7.10. The number of ether oxygens (including phenoxy) is 1. The molecule has 5 heteroatoms. The molecule has 0 unspecified atom stereocenters. The minimum Gasteiger partial charge on any atom is -0.487 e. The van der Waals surface area contributed by atoms with Crippen molar-refractivity contribution in [1.29, 1.82) is 0 Å². The van der Waals surface area contributed by atoms with Crippen molar-refractivity contribution in [1.82, 2.24) is 9.59 Å². The Labute approximate surface area is 116 Å². The van der Waals surface area contributed by atoms with Crippen molar-refractivity contribution < 1.29 is 4.74 Å². The highest BCUT2D eigenvalue weighted by Gasteiger charge is 2.09. The molecule has 0 N–H and O–H groups in total. The normalized spacial score (nSPS) is 10.9. The van der Waals surface area contributed by atoms with Gasteiger partial charge in [-0.2, -0.15) is 0 Å². The first-order valence-electron chi connectivity index (χ1n) is 5.78. The molecule has 0 amide bonds. The van der Waals surface area contributed by atoms with Crippen molar-refractivity contribution in [3.05, 3.63) is 39.4 Å². The maximum Gasteiger partial charge on any atom is 0.141 e. The van der Waals surface area contributed by atoms with Crippen LogP contribution in [0.5, 0.6) is 5.75 Å². The van der Waals surface area contributed by atoms with Crippen molar-refractivity contribution in [3.8, 4) is 5.75 Å². The van der Waals surface area contributed by atoms with Crippen LogP contribution in [0.1, 0.15) is 36.6 Å². The van der Waals surface area contributed by atoms with Crippen LogP contribution in [0.3, 0.4) is 0 Å². The molecule has 3 nitrogen and oxygen atoms in total. The van der Waals surface area contributed by atoms with Crippen molar-refractivity contribution in [2.75, 3.05) is 0 Å². The van der Waals surface area contributed by atoms with Gasteiger partial charge >= 0.3 is 0 Å². The lowest BCUT2D eigenvalue weighted by Gasteiger charge is -2.12. The van der Waals surface area contributed by atoms with E-state index in [9.17, 15) is 0 Å². The molecule has 1 heterocycles. The highest BCUT2D eigenvalue weighted by Crippen LogP contribution is 2.26. The van der Waals surface area contributed by atoms with E-state index < -0.39 is 0 Å². The number of hydrogen-bond acceptors (Lipinski definition) is 4. The van der Waals surface area contributed by atoms with Gasteiger partial charge in [0.1, 0.15) is 22.4 Å². The molecule has 0 saturated heterocycles. The molecule has 1 aromatic heterocycles. The van der Waals surface area contributed by atoms with Gasteiger partial charge in [-0.05, 0) is 30.0 Å². The summed E-state index contributed by atoms with van der Waals surface area (Å²) in [5, 5.41) is 3.93. The maximum atomic E-state index is 5.94. The molecule has 0 spiro atoms. The lowest BCUT2D eigenvalue weighted by atomic mass is 10.0.